The zero-order valence-corrected chi connectivity index (χ0v) is 15.6. The molecule has 2 saturated heterocycles. The monoisotopic (exact) mass is 387 g/mol. The molecule has 2 aliphatic rings. The highest BCUT2D eigenvalue weighted by Crippen LogP contribution is 2.28. The van der Waals surface area contributed by atoms with Crippen molar-refractivity contribution < 1.29 is 19.5 Å². The van der Waals surface area contributed by atoms with Crippen LogP contribution >= 0.6 is 11.8 Å². The second-order valence-corrected chi connectivity index (χ2v) is 8.00. The lowest BCUT2D eigenvalue weighted by Gasteiger charge is -2.34. The maximum Gasteiger partial charge on any atom is 0.308 e. The molecule has 2 atom stereocenters. The van der Waals surface area contributed by atoms with Gasteiger partial charge in [0.15, 0.2) is 0 Å². The van der Waals surface area contributed by atoms with Gasteiger partial charge in [0.25, 0.3) is 5.91 Å². The summed E-state index contributed by atoms with van der Waals surface area (Å²) in [7, 11) is 0. The number of H-pyrrole nitrogens is 1. The zero-order chi connectivity index (χ0) is 19.0. The first-order valence-corrected chi connectivity index (χ1v) is 10.2. The predicted octanol–water partition coefficient (Wildman–Crippen LogP) is 2.01. The Morgan fingerprint density at radius 3 is 2.85 bits per heavy atom. The summed E-state index contributed by atoms with van der Waals surface area (Å²) in [5.74, 6) is -0.678. The van der Waals surface area contributed by atoms with Crippen LogP contribution in [0.15, 0.2) is 30.5 Å². The van der Waals surface area contributed by atoms with E-state index >= 15 is 0 Å². The van der Waals surface area contributed by atoms with Crippen molar-refractivity contribution in [1.29, 1.82) is 0 Å². The third-order valence-corrected chi connectivity index (χ3v) is 6.34. The van der Waals surface area contributed by atoms with Gasteiger partial charge in [-0.1, -0.05) is 18.2 Å². The standard InChI is InChI=1S/C19H21N3O4S/c23-17(14-8-20-15-6-2-1-5-13(14)15)22-11-27-10-16(22)18(24)21-7-3-4-12(9-21)19(25)26/h1-2,5-6,8,12,16,20H,3-4,7,9-11H2,(H,25,26)/t12-,16?/m0/s1. The van der Waals surface area contributed by atoms with Crippen LogP contribution in [-0.2, 0) is 9.59 Å². The van der Waals surface area contributed by atoms with Crippen LogP contribution in [0.5, 0.6) is 0 Å². The lowest BCUT2D eigenvalue weighted by Crippen LogP contribution is -2.52. The molecule has 0 radical (unpaired) electrons. The first-order chi connectivity index (χ1) is 13.1. The van der Waals surface area contributed by atoms with Gasteiger partial charge in [0, 0.05) is 35.9 Å². The molecular weight excluding hydrogens is 366 g/mol. The third kappa shape index (κ3) is 3.29. The van der Waals surface area contributed by atoms with Gasteiger partial charge < -0.3 is 19.9 Å². The number of aromatic nitrogens is 1. The van der Waals surface area contributed by atoms with Crippen LogP contribution in [0.25, 0.3) is 10.9 Å². The van der Waals surface area contributed by atoms with Gasteiger partial charge in [-0.25, -0.2) is 0 Å². The van der Waals surface area contributed by atoms with Gasteiger partial charge in [-0.3, -0.25) is 14.4 Å². The molecule has 0 saturated carbocycles. The molecular formula is C19H21N3O4S. The number of likely N-dealkylation sites (tertiary alicyclic amines) is 1. The van der Waals surface area contributed by atoms with Crippen molar-refractivity contribution in [1.82, 2.24) is 14.8 Å². The van der Waals surface area contributed by atoms with E-state index in [0.717, 1.165) is 10.9 Å². The average Bonchev–Trinajstić information content (AvgIpc) is 3.34. The molecule has 2 aliphatic heterocycles. The van der Waals surface area contributed by atoms with Crippen molar-refractivity contribution in [2.24, 2.45) is 5.92 Å². The van der Waals surface area contributed by atoms with Gasteiger partial charge in [-0.2, -0.15) is 0 Å². The first-order valence-electron chi connectivity index (χ1n) is 9.02. The van der Waals surface area contributed by atoms with E-state index in [0.29, 0.717) is 36.6 Å². The third-order valence-electron chi connectivity index (χ3n) is 5.33. The van der Waals surface area contributed by atoms with Crippen molar-refractivity contribution in [3.8, 4) is 0 Å². The lowest BCUT2D eigenvalue weighted by atomic mass is 9.97. The van der Waals surface area contributed by atoms with Gasteiger partial charge in [0.2, 0.25) is 5.91 Å². The van der Waals surface area contributed by atoms with Crippen molar-refractivity contribution >= 4 is 40.4 Å². The Morgan fingerprint density at radius 1 is 1.22 bits per heavy atom. The molecule has 8 heteroatoms. The Kier molecular flexibility index (Phi) is 4.82. The highest BCUT2D eigenvalue weighted by molar-refractivity contribution is 7.99. The number of amides is 2. The van der Waals surface area contributed by atoms with Crippen molar-refractivity contribution in [2.75, 3.05) is 24.7 Å². The maximum absolute atomic E-state index is 13.1. The Labute approximate surface area is 160 Å². The van der Waals surface area contributed by atoms with Crippen molar-refractivity contribution in [2.45, 2.75) is 18.9 Å². The number of hydrogen-bond donors (Lipinski definition) is 2. The molecule has 0 spiro atoms. The summed E-state index contributed by atoms with van der Waals surface area (Å²) < 4.78 is 0. The van der Waals surface area contributed by atoms with E-state index in [1.54, 1.807) is 27.8 Å². The Bertz CT molecular complexity index is 896. The highest BCUT2D eigenvalue weighted by Gasteiger charge is 2.39. The summed E-state index contributed by atoms with van der Waals surface area (Å²) in [6, 6.07) is 7.05. The Morgan fingerprint density at radius 2 is 2.04 bits per heavy atom. The van der Waals surface area contributed by atoms with Crippen LogP contribution in [0.1, 0.15) is 23.2 Å². The van der Waals surface area contributed by atoms with Gasteiger partial charge in [0.1, 0.15) is 6.04 Å². The molecule has 1 aromatic carbocycles. The van der Waals surface area contributed by atoms with Gasteiger partial charge in [-0.15, -0.1) is 11.8 Å². The average molecular weight is 387 g/mol. The summed E-state index contributed by atoms with van der Waals surface area (Å²) in [4.78, 5) is 43.8. The molecule has 0 aliphatic carbocycles. The molecule has 0 bridgehead atoms. The maximum atomic E-state index is 13.1. The second kappa shape index (κ2) is 7.26. The van der Waals surface area contributed by atoms with Crippen molar-refractivity contribution in [3.63, 3.8) is 0 Å². The number of aliphatic carboxylic acids is 1. The fourth-order valence-corrected chi connectivity index (χ4v) is 4.99. The molecule has 2 fully saturated rings. The number of carboxylic acid groups (broad SMARTS) is 1. The quantitative estimate of drug-likeness (QED) is 0.840. The first kappa shape index (κ1) is 17.9. The number of benzene rings is 1. The number of carbonyl (C=O) groups is 3. The highest BCUT2D eigenvalue weighted by atomic mass is 32.2. The lowest BCUT2D eigenvalue weighted by molar-refractivity contribution is -0.146. The summed E-state index contributed by atoms with van der Waals surface area (Å²) >= 11 is 1.55. The fraction of sp³-hybridized carbons (Fsp3) is 0.421. The van der Waals surface area contributed by atoms with Gasteiger partial charge in [-0.05, 0) is 18.9 Å². The molecule has 7 nitrogen and oxygen atoms in total. The van der Waals surface area contributed by atoms with E-state index in [2.05, 4.69) is 4.98 Å². The zero-order valence-electron chi connectivity index (χ0n) is 14.8. The summed E-state index contributed by atoms with van der Waals surface area (Å²) in [6.07, 6.45) is 2.97. The smallest absolute Gasteiger partial charge is 0.308 e. The molecule has 4 rings (SSSR count). The number of aromatic amines is 1. The topological polar surface area (TPSA) is 93.7 Å². The van der Waals surface area contributed by atoms with Crippen LogP contribution in [0.3, 0.4) is 0 Å². The summed E-state index contributed by atoms with van der Waals surface area (Å²) in [5, 5.41) is 10.1. The number of piperidine rings is 1. The number of fused-ring (bicyclic) bond motifs is 1. The van der Waals surface area contributed by atoms with E-state index in [1.165, 1.54) is 0 Å². The van der Waals surface area contributed by atoms with Crippen LogP contribution < -0.4 is 0 Å². The number of carbonyl (C=O) groups excluding carboxylic acids is 2. The molecule has 2 aromatic rings. The van der Waals surface area contributed by atoms with Crippen molar-refractivity contribution in [3.05, 3.63) is 36.0 Å². The van der Waals surface area contributed by atoms with Crippen LogP contribution in [-0.4, -0.2) is 68.4 Å². The number of hydrogen-bond acceptors (Lipinski definition) is 4. The van der Waals surface area contributed by atoms with E-state index < -0.39 is 17.9 Å². The minimum absolute atomic E-state index is 0.140. The molecule has 3 heterocycles. The molecule has 142 valence electrons. The van der Waals surface area contributed by atoms with E-state index in [-0.39, 0.29) is 18.4 Å². The minimum Gasteiger partial charge on any atom is -0.481 e. The number of thioether (sulfide) groups is 1. The Balaban J connectivity index is 1.54. The summed E-state index contributed by atoms with van der Waals surface area (Å²) in [5.41, 5.74) is 1.45. The molecule has 27 heavy (non-hydrogen) atoms. The van der Waals surface area contributed by atoms with E-state index in [4.69, 9.17) is 0 Å². The Hall–Kier alpha value is -2.48. The normalized spacial score (nSPS) is 23.0. The fourth-order valence-electron chi connectivity index (χ4n) is 3.84. The number of rotatable bonds is 3. The summed E-state index contributed by atoms with van der Waals surface area (Å²) in [6.45, 7) is 0.781. The molecule has 1 unspecified atom stereocenters. The van der Waals surface area contributed by atoms with E-state index in [1.807, 2.05) is 24.3 Å². The molecule has 2 amide bonds. The van der Waals surface area contributed by atoms with Crippen LogP contribution in [0, 0.1) is 5.92 Å². The minimum atomic E-state index is -0.861. The number of nitrogens with zero attached hydrogens (tertiary/aromatic N) is 2. The largest absolute Gasteiger partial charge is 0.481 e. The van der Waals surface area contributed by atoms with Crippen LogP contribution in [0.2, 0.25) is 0 Å². The van der Waals surface area contributed by atoms with E-state index in [9.17, 15) is 19.5 Å². The number of para-hydroxylation sites is 1. The SMILES string of the molecule is O=C(O)[C@H]1CCCN(C(=O)C2CSCN2C(=O)c2c[nH]c3ccccc23)C1. The molecule has 1 aromatic heterocycles. The number of carboxylic acids is 1. The van der Waals surface area contributed by atoms with Gasteiger partial charge >= 0.3 is 5.97 Å². The van der Waals surface area contributed by atoms with Crippen LogP contribution in [0.4, 0.5) is 0 Å². The predicted molar refractivity (Wildman–Crippen MR) is 103 cm³/mol. The second-order valence-electron chi connectivity index (χ2n) is 7.00. The molecule has 2 N–H and O–H groups in total. The number of nitrogens with one attached hydrogen (secondary N) is 1. The van der Waals surface area contributed by atoms with Gasteiger partial charge in [0.05, 0.1) is 17.4 Å².